The largest absolute Gasteiger partial charge is 0.507 e. The number of ketones is 1. The minimum Gasteiger partial charge on any atom is -0.507 e. The third-order valence-corrected chi connectivity index (χ3v) is 6.51. The fraction of sp³-hybridized carbons (Fsp3) is 0.375. The molecule has 1 aromatic carbocycles. The zero-order chi connectivity index (χ0) is 25.0. The van der Waals surface area contributed by atoms with Crippen LogP contribution >= 0.6 is 23.2 Å². The van der Waals surface area contributed by atoms with Crippen LogP contribution in [0.5, 0.6) is 11.5 Å². The van der Waals surface area contributed by atoms with Gasteiger partial charge in [0.2, 0.25) is 0 Å². The van der Waals surface area contributed by atoms with Crippen molar-refractivity contribution in [1.29, 1.82) is 0 Å². The third kappa shape index (κ3) is 4.71. The summed E-state index contributed by atoms with van der Waals surface area (Å²) in [4.78, 5) is 34.1. The molecular weight excluding hydrogens is 481 g/mol. The number of aromatic nitrogens is 1. The van der Waals surface area contributed by atoms with Crippen LogP contribution in [0.3, 0.4) is 0 Å². The van der Waals surface area contributed by atoms with Gasteiger partial charge in [-0.05, 0) is 30.8 Å². The van der Waals surface area contributed by atoms with Gasteiger partial charge in [0.1, 0.15) is 10.8 Å². The van der Waals surface area contributed by atoms with Gasteiger partial charge in [-0.1, -0.05) is 43.1 Å². The molecule has 1 atom stereocenters. The number of hydrogen-bond acceptors (Lipinski definition) is 7. The van der Waals surface area contributed by atoms with Crippen LogP contribution < -0.4 is 9.47 Å². The monoisotopic (exact) mass is 507 g/mol. The summed E-state index contributed by atoms with van der Waals surface area (Å²) in [7, 11) is 2.77. The Hall–Kier alpha value is -2.81. The molecule has 1 unspecified atom stereocenters. The lowest BCUT2D eigenvalue weighted by Crippen LogP contribution is -2.38. The number of ether oxygens (including phenoxy) is 2. The maximum atomic E-state index is 13.2. The van der Waals surface area contributed by atoms with Gasteiger partial charge < -0.3 is 24.4 Å². The number of halogens is 2. The van der Waals surface area contributed by atoms with E-state index in [1.165, 1.54) is 25.2 Å². The lowest BCUT2D eigenvalue weighted by Gasteiger charge is -2.28. The Labute approximate surface area is 208 Å². The molecule has 2 aromatic rings. The number of pyridine rings is 1. The van der Waals surface area contributed by atoms with Crippen LogP contribution in [0.4, 0.5) is 0 Å². The van der Waals surface area contributed by atoms with Crippen LogP contribution in [0.2, 0.25) is 10.0 Å². The SMILES string of the molecule is CCN(CC)CCN1C(=O)C(=O)/C(=C(/O)c2cc(Cl)c(OC)c(Cl)c2OC)C1c1cccnc1. The van der Waals surface area contributed by atoms with Gasteiger partial charge in [-0.15, -0.1) is 0 Å². The first-order valence-corrected chi connectivity index (χ1v) is 11.6. The maximum absolute atomic E-state index is 13.2. The highest BCUT2D eigenvalue weighted by Crippen LogP contribution is 2.47. The van der Waals surface area contributed by atoms with E-state index >= 15 is 0 Å². The number of carbonyl (C=O) groups excluding carboxylic acids is 2. The molecule has 0 radical (unpaired) electrons. The molecular formula is C24H27Cl2N3O5. The predicted molar refractivity (Wildman–Crippen MR) is 131 cm³/mol. The van der Waals surface area contributed by atoms with Crippen molar-refractivity contribution in [2.45, 2.75) is 19.9 Å². The van der Waals surface area contributed by atoms with Crippen molar-refractivity contribution in [2.24, 2.45) is 0 Å². The molecule has 34 heavy (non-hydrogen) atoms. The van der Waals surface area contributed by atoms with E-state index in [1.807, 2.05) is 13.8 Å². The molecule has 1 saturated heterocycles. The van der Waals surface area contributed by atoms with E-state index in [0.717, 1.165) is 13.1 Å². The highest BCUT2D eigenvalue weighted by molar-refractivity contribution is 6.47. The molecule has 10 heteroatoms. The smallest absolute Gasteiger partial charge is 0.295 e. The molecule has 0 bridgehead atoms. The quantitative estimate of drug-likeness (QED) is 0.309. The Kier molecular flexibility index (Phi) is 8.41. The van der Waals surface area contributed by atoms with E-state index in [9.17, 15) is 14.7 Å². The Balaban J connectivity index is 2.20. The van der Waals surface area contributed by atoms with E-state index in [1.54, 1.807) is 24.5 Å². The molecule has 0 spiro atoms. The van der Waals surface area contributed by atoms with Crippen LogP contribution in [-0.4, -0.2) is 72.0 Å². The molecule has 8 nitrogen and oxygen atoms in total. The number of likely N-dealkylation sites (N-methyl/N-ethyl adjacent to an activating group) is 1. The Morgan fingerprint density at radius 2 is 1.85 bits per heavy atom. The molecule has 0 saturated carbocycles. The van der Waals surface area contributed by atoms with Crippen molar-refractivity contribution in [3.8, 4) is 11.5 Å². The van der Waals surface area contributed by atoms with E-state index in [4.69, 9.17) is 32.7 Å². The minimum absolute atomic E-state index is 0.0349. The highest BCUT2D eigenvalue weighted by Gasteiger charge is 2.46. The number of likely N-dealkylation sites (tertiary alicyclic amines) is 1. The Morgan fingerprint density at radius 3 is 2.41 bits per heavy atom. The van der Waals surface area contributed by atoms with Gasteiger partial charge in [0.05, 0.1) is 36.4 Å². The number of carbonyl (C=O) groups is 2. The summed E-state index contributed by atoms with van der Waals surface area (Å²) in [6.45, 7) is 6.53. The Bertz CT molecular complexity index is 1100. The fourth-order valence-electron chi connectivity index (χ4n) is 4.08. The number of nitrogens with zero attached hydrogens (tertiary/aromatic N) is 3. The van der Waals surface area contributed by atoms with Gasteiger partial charge in [0.15, 0.2) is 11.5 Å². The molecule has 1 amide bonds. The van der Waals surface area contributed by atoms with Crippen LogP contribution in [0.25, 0.3) is 5.76 Å². The van der Waals surface area contributed by atoms with Gasteiger partial charge in [0.25, 0.3) is 11.7 Å². The van der Waals surface area contributed by atoms with E-state index in [2.05, 4.69) is 9.88 Å². The average molecular weight is 508 g/mol. The van der Waals surface area contributed by atoms with Gasteiger partial charge in [-0.25, -0.2) is 0 Å². The number of aliphatic hydroxyl groups excluding tert-OH is 1. The van der Waals surface area contributed by atoms with Crippen LogP contribution in [-0.2, 0) is 9.59 Å². The first-order valence-electron chi connectivity index (χ1n) is 10.8. The van der Waals surface area contributed by atoms with Crippen LogP contribution in [0.1, 0.15) is 31.0 Å². The number of hydrogen-bond donors (Lipinski definition) is 1. The summed E-state index contributed by atoms with van der Waals surface area (Å²) in [6, 6.07) is 4.02. The summed E-state index contributed by atoms with van der Waals surface area (Å²) in [5, 5.41) is 11.5. The lowest BCUT2D eigenvalue weighted by atomic mass is 9.96. The van der Waals surface area contributed by atoms with Gasteiger partial charge >= 0.3 is 0 Å². The number of amides is 1. The summed E-state index contributed by atoms with van der Waals surface area (Å²) in [5.41, 5.74) is 0.578. The van der Waals surface area contributed by atoms with Crippen LogP contribution in [0.15, 0.2) is 36.2 Å². The average Bonchev–Trinajstić information content (AvgIpc) is 3.09. The molecule has 3 rings (SSSR count). The molecule has 1 N–H and O–H groups in total. The molecule has 182 valence electrons. The topological polar surface area (TPSA) is 92.2 Å². The number of rotatable bonds is 9. The molecule has 1 aromatic heterocycles. The molecule has 1 fully saturated rings. The second-order valence-corrected chi connectivity index (χ2v) is 8.38. The van der Waals surface area contributed by atoms with E-state index in [-0.39, 0.29) is 32.7 Å². The van der Waals surface area contributed by atoms with Crippen molar-refractivity contribution in [2.75, 3.05) is 40.4 Å². The summed E-state index contributed by atoms with van der Waals surface area (Å²) < 4.78 is 10.6. The first-order chi connectivity index (χ1) is 16.3. The predicted octanol–water partition coefficient (Wildman–Crippen LogP) is 4.17. The van der Waals surface area contributed by atoms with Gasteiger partial charge in [0, 0.05) is 25.5 Å². The molecule has 0 aliphatic carbocycles. The molecule has 1 aliphatic heterocycles. The zero-order valence-electron chi connectivity index (χ0n) is 19.5. The fourth-order valence-corrected chi connectivity index (χ4v) is 4.76. The minimum atomic E-state index is -0.839. The summed E-state index contributed by atoms with van der Waals surface area (Å²) in [5.74, 6) is -1.72. The standard InChI is InChI=1S/C24H27Cl2N3O5/c1-5-28(6-2)10-11-29-19(14-8-7-9-27-13-14)17(21(31)24(29)32)20(30)15-12-16(25)23(34-4)18(26)22(15)33-3/h7-9,12-13,19,30H,5-6,10-11H2,1-4H3/b20-17+. The number of aliphatic hydroxyl groups is 1. The first kappa shape index (κ1) is 25.8. The lowest BCUT2D eigenvalue weighted by molar-refractivity contribution is -0.140. The van der Waals surface area contributed by atoms with E-state index in [0.29, 0.717) is 18.7 Å². The number of benzene rings is 1. The van der Waals surface area contributed by atoms with Gasteiger partial charge in [-0.2, -0.15) is 0 Å². The normalized spacial score (nSPS) is 17.5. The second kappa shape index (κ2) is 11.1. The molecule has 1 aliphatic rings. The second-order valence-electron chi connectivity index (χ2n) is 7.59. The highest BCUT2D eigenvalue weighted by atomic mass is 35.5. The van der Waals surface area contributed by atoms with Crippen molar-refractivity contribution in [3.05, 3.63) is 57.3 Å². The Morgan fingerprint density at radius 1 is 1.18 bits per heavy atom. The van der Waals surface area contributed by atoms with Gasteiger partial charge in [-0.3, -0.25) is 14.6 Å². The van der Waals surface area contributed by atoms with Crippen molar-refractivity contribution in [3.63, 3.8) is 0 Å². The zero-order valence-corrected chi connectivity index (χ0v) is 21.0. The van der Waals surface area contributed by atoms with E-state index < -0.39 is 23.5 Å². The summed E-state index contributed by atoms with van der Waals surface area (Å²) in [6.07, 6.45) is 3.16. The van der Waals surface area contributed by atoms with Crippen molar-refractivity contribution in [1.82, 2.24) is 14.8 Å². The number of Topliss-reactive ketones (excluding diaryl/α,β-unsaturated/α-hetero) is 1. The maximum Gasteiger partial charge on any atom is 0.295 e. The summed E-state index contributed by atoms with van der Waals surface area (Å²) >= 11 is 12.7. The van der Waals surface area contributed by atoms with Crippen LogP contribution in [0, 0.1) is 0 Å². The van der Waals surface area contributed by atoms with Crippen molar-refractivity contribution >= 4 is 40.7 Å². The number of methoxy groups -OCH3 is 2. The molecule has 2 heterocycles. The third-order valence-electron chi connectivity index (χ3n) is 5.89. The van der Waals surface area contributed by atoms with Crippen molar-refractivity contribution < 1.29 is 24.2 Å².